The molecule has 6 nitrogen and oxygen atoms in total. The van der Waals surface area contributed by atoms with Crippen LogP contribution in [-0.2, 0) is 20.9 Å². The summed E-state index contributed by atoms with van der Waals surface area (Å²) in [5.74, 6) is -0.600. The summed E-state index contributed by atoms with van der Waals surface area (Å²) in [7, 11) is 0. The van der Waals surface area contributed by atoms with Gasteiger partial charge in [-0.15, -0.1) is 11.3 Å². The van der Waals surface area contributed by atoms with Crippen LogP contribution in [0, 0.1) is 6.92 Å². The van der Waals surface area contributed by atoms with Gasteiger partial charge in [0, 0.05) is 17.8 Å². The second-order valence-electron chi connectivity index (χ2n) is 5.39. The maximum atomic E-state index is 14.5. The maximum absolute atomic E-state index is 14.5. The molecule has 0 aliphatic carbocycles. The number of alkyl halides is 2. The topological polar surface area (TPSA) is 78.5 Å². The molecule has 1 aromatic rings. The zero-order valence-electron chi connectivity index (χ0n) is 13.4. The first-order chi connectivity index (χ1) is 11.4. The minimum absolute atomic E-state index is 0.140. The number of thiophene rings is 1. The van der Waals surface area contributed by atoms with Gasteiger partial charge in [-0.2, -0.15) is 0 Å². The Morgan fingerprint density at radius 3 is 2.75 bits per heavy atom. The highest BCUT2D eigenvalue weighted by molar-refractivity contribution is 7.10. The van der Waals surface area contributed by atoms with Crippen LogP contribution in [0.2, 0.25) is 0 Å². The number of carbonyl (C=O) groups is 3. The quantitative estimate of drug-likeness (QED) is 0.434. The highest BCUT2D eigenvalue weighted by atomic mass is 32.1. The zero-order chi connectivity index (χ0) is 18.0. The molecule has 0 aliphatic rings. The van der Waals surface area contributed by atoms with Crippen molar-refractivity contribution in [3.63, 3.8) is 0 Å². The standard InChI is InChI=1S/C15H21F2N3O3S/c1-12-5-13(24-8-12)6-19-20(14(23)7-18-11-22)10-15(17,9-16)3-2-4-21/h4-5,8,11,19H,2-3,6-7,9-10H2,1H3,(H,18,22)/t15-/m0/s1. The molecule has 0 bridgehead atoms. The van der Waals surface area contributed by atoms with E-state index in [-0.39, 0.29) is 25.9 Å². The first-order valence-electron chi connectivity index (χ1n) is 7.37. The molecule has 0 spiro atoms. The molecular formula is C15H21F2N3O3S. The normalized spacial score (nSPS) is 13.1. The molecule has 0 aliphatic heterocycles. The van der Waals surface area contributed by atoms with Crippen molar-refractivity contribution < 1.29 is 23.2 Å². The average Bonchev–Trinajstić information content (AvgIpc) is 3.00. The van der Waals surface area contributed by atoms with Gasteiger partial charge in [0.25, 0.3) is 5.91 Å². The molecule has 1 rings (SSSR count). The molecule has 2 amide bonds. The number of amides is 2. The third-order valence-corrected chi connectivity index (χ3v) is 4.31. The monoisotopic (exact) mass is 361 g/mol. The van der Waals surface area contributed by atoms with Crippen LogP contribution in [-0.4, -0.2) is 49.0 Å². The number of halogens is 2. The van der Waals surface area contributed by atoms with Gasteiger partial charge in [0.1, 0.15) is 13.0 Å². The first-order valence-corrected chi connectivity index (χ1v) is 8.25. The summed E-state index contributed by atoms with van der Waals surface area (Å²) in [6.07, 6.45) is 0.395. The Morgan fingerprint density at radius 1 is 1.46 bits per heavy atom. The summed E-state index contributed by atoms with van der Waals surface area (Å²) in [6, 6.07) is 1.91. The molecule has 1 aromatic heterocycles. The number of aryl methyl sites for hydroxylation is 1. The molecule has 0 saturated heterocycles. The molecule has 0 unspecified atom stereocenters. The van der Waals surface area contributed by atoms with Crippen LogP contribution in [0.1, 0.15) is 23.3 Å². The molecule has 9 heteroatoms. The second-order valence-corrected chi connectivity index (χ2v) is 6.39. The predicted molar refractivity (Wildman–Crippen MR) is 86.8 cm³/mol. The van der Waals surface area contributed by atoms with E-state index in [1.165, 1.54) is 11.3 Å². The summed E-state index contributed by atoms with van der Waals surface area (Å²) in [5.41, 5.74) is 1.51. The van der Waals surface area contributed by atoms with Crippen molar-refractivity contribution in [2.24, 2.45) is 0 Å². The molecule has 134 valence electrons. The van der Waals surface area contributed by atoms with Crippen molar-refractivity contribution in [1.82, 2.24) is 15.8 Å². The van der Waals surface area contributed by atoms with Crippen LogP contribution in [0.25, 0.3) is 0 Å². The highest BCUT2D eigenvalue weighted by Gasteiger charge is 2.34. The fourth-order valence-corrected chi connectivity index (χ4v) is 2.81. The minimum atomic E-state index is -2.32. The zero-order valence-corrected chi connectivity index (χ0v) is 14.2. The summed E-state index contributed by atoms with van der Waals surface area (Å²) in [5, 5.41) is 5.08. The number of rotatable bonds is 12. The van der Waals surface area contributed by atoms with E-state index in [1.807, 2.05) is 18.4 Å². The van der Waals surface area contributed by atoms with E-state index in [9.17, 15) is 23.2 Å². The SMILES string of the molecule is Cc1csc(CNN(C[C@@](F)(CF)CCC=O)C(=O)CNC=O)c1. The number of hydrogen-bond donors (Lipinski definition) is 2. The fraction of sp³-hybridized carbons (Fsp3) is 0.533. The minimum Gasteiger partial charge on any atom is -0.350 e. The lowest BCUT2D eigenvalue weighted by molar-refractivity contribution is -0.137. The fourth-order valence-electron chi connectivity index (χ4n) is 2.00. The van der Waals surface area contributed by atoms with E-state index in [4.69, 9.17) is 0 Å². The predicted octanol–water partition coefficient (Wildman–Crippen LogP) is 1.29. The lowest BCUT2D eigenvalue weighted by Crippen LogP contribution is -2.53. The summed E-state index contributed by atoms with van der Waals surface area (Å²) >= 11 is 1.47. The van der Waals surface area contributed by atoms with Gasteiger partial charge in [0.05, 0.1) is 13.1 Å². The third kappa shape index (κ3) is 6.71. The molecule has 0 radical (unpaired) electrons. The summed E-state index contributed by atoms with van der Waals surface area (Å²) in [6.45, 7) is -0.0178. The number of carbonyl (C=O) groups excluding carboxylic acids is 3. The number of nitrogens with one attached hydrogen (secondary N) is 2. The van der Waals surface area contributed by atoms with Gasteiger partial charge in [-0.05, 0) is 30.4 Å². The Morgan fingerprint density at radius 2 is 2.21 bits per heavy atom. The lowest BCUT2D eigenvalue weighted by Gasteiger charge is -2.30. The first kappa shape index (κ1) is 20.2. The smallest absolute Gasteiger partial charge is 0.256 e. The second kappa shape index (κ2) is 10.1. The molecule has 0 aromatic carbocycles. The number of hydrazine groups is 1. The van der Waals surface area contributed by atoms with E-state index in [0.717, 1.165) is 15.4 Å². The number of hydrogen-bond acceptors (Lipinski definition) is 5. The maximum Gasteiger partial charge on any atom is 0.256 e. The van der Waals surface area contributed by atoms with Gasteiger partial charge in [0.2, 0.25) is 6.41 Å². The summed E-state index contributed by atoms with van der Waals surface area (Å²) in [4.78, 5) is 33.7. The largest absolute Gasteiger partial charge is 0.350 e. The van der Waals surface area contributed by atoms with Crippen molar-refractivity contribution in [2.75, 3.05) is 19.8 Å². The van der Waals surface area contributed by atoms with Gasteiger partial charge < -0.3 is 10.1 Å². The lowest BCUT2D eigenvalue weighted by atomic mass is 10.0. The Bertz CT molecular complexity index is 556. The molecule has 24 heavy (non-hydrogen) atoms. The number of nitrogens with zero attached hydrogens (tertiary/aromatic N) is 1. The molecular weight excluding hydrogens is 340 g/mol. The van der Waals surface area contributed by atoms with E-state index in [0.29, 0.717) is 12.7 Å². The Labute approximate surface area is 143 Å². The Hall–Kier alpha value is -1.87. The van der Waals surface area contributed by atoms with Crippen LogP contribution >= 0.6 is 11.3 Å². The van der Waals surface area contributed by atoms with Gasteiger partial charge in [0.15, 0.2) is 5.67 Å². The van der Waals surface area contributed by atoms with E-state index in [2.05, 4.69) is 10.7 Å². The average molecular weight is 361 g/mol. The Balaban J connectivity index is 2.76. The molecule has 1 heterocycles. The van der Waals surface area contributed by atoms with Crippen molar-refractivity contribution >= 4 is 29.9 Å². The highest BCUT2D eigenvalue weighted by Crippen LogP contribution is 2.20. The van der Waals surface area contributed by atoms with Gasteiger partial charge in [-0.25, -0.2) is 14.2 Å². The summed E-state index contributed by atoms with van der Waals surface area (Å²) < 4.78 is 27.6. The van der Waals surface area contributed by atoms with E-state index in [1.54, 1.807) is 0 Å². The van der Waals surface area contributed by atoms with Crippen molar-refractivity contribution in [3.05, 3.63) is 21.9 Å². The Kier molecular flexibility index (Phi) is 8.48. The van der Waals surface area contributed by atoms with Gasteiger partial charge in [-0.1, -0.05) is 0 Å². The van der Waals surface area contributed by atoms with Gasteiger partial charge in [-0.3, -0.25) is 14.6 Å². The van der Waals surface area contributed by atoms with Crippen molar-refractivity contribution in [1.29, 1.82) is 0 Å². The molecule has 2 N–H and O–H groups in total. The van der Waals surface area contributed by atoms with Crippen LogP contribution < -0.4 is 10.7 Å². The van der Waals surface area contributed by atoms with E-state index >= 15 is 0 Å². The molecule has 0 fully saturated rings. The van der Waals surface area contributed by atoms with Gasteiger partial charge >= 0.3 is 0 Å². The van der Waals surface area contributed by atoms with Crippen LogP contribution in [0.3, 0.4) is 0 Å². The van der Waals surface area contributed by atoms with Crippen LogP contribution in [0.5, 0.6) is 0 Å². The van der Waals surface area contributed by atoms with Crippen molar-refractivity contribution in [3.8, 4) is 0 Å². The van der Waals surface area contributed by atoms with Crippen LogP contribution in [0.4, 0.5) is 8.78 Å². The van der Waals surface area contributed by atoms with Crippen molar-refractivity contribution in [2.45, 2.75) is 32.0 Å². The van der Waals surface area contributed by atoms with Crippen LogP contribution in [0.15, 0.2) is 11.4 Å². The number of aldehydes is 1. The third-order valence-electron chi connectivity index (χ3n) is 3.26. The molecule has 1 atom stereocenters. The van der Waals surface area contributed by atoms with E-state index < -0.39 is 24.8 Å². The molecule has 0 saturated carbocycles.